The molecule has 94 valence electrons. The van der Waals surface area contributed by atoms with E-state index in [1.165, 1.54) is 25.0 Å². The first-order valence-electron chi connectivity index (χ1n) is 6.38. The molecule has 1 aromatic heterocycles. The van der Waals surface area contributed by atoms with E-state index in [1.54, 1.807) is 0 Å². The van der Waals surface area contributed by atoms with Crippen molar-refractivity contribution in [3.63, 3.8) is 0 Å². The van der Waals surface area contributed by atoms with Crippen LogP contribution in [0.4, 0.5) is 0 Å². The summed E-state index contributed by atoms with van der Waals surface area (Å²) in [6.45, 7) is 4.20. The first kappa shape index (κ1) is 12.1. The van der Waals surface area contributed by atoms with Gasteiger partial charge >= 0.3 is 5.97 Å². The van der Waals surface area contributed by atoms with E-state index in [-0.39, 0.29) is 6.42 Å². The maximum absolute atomic E-state index is 10.7. The summed E-state index contributed by atoms with van der Waals surface area (Å²) < 4.78 is 0. The van der Waals surface area contributed by atoms with Crippen LogP contribution in [0, 0.1) is 0 Å². The van der Waals surface area contributed by atoms with Gasteiger partial charge in [-0.05, 0) is 30.7 Å². The summed E-state index contributed by atoms with van der Waals surface area (Å²) in [6.07, 6.45) is 4.49. The molecule has 4 nitrogen and oxygen atoms in total. The van der Waals surface area contributed by atoms with Crippen molar-refractivity contribution in [3.05, 3.63) is 17.0 Å². The van der Waals surface area contributed by atoms with Crippen molar-refractivity contribution in [3.8, 4) is 0 Å². The average Bonchev–Trinajstić information content (AvgIpc) is 2.56. The number of aliphatic carboxylic acids is 1. The molecule has 4 heteroatoms. The second kappa shape index (κ2) is 4.90. The molecule has 0 amide bonds. The van der Waals surface area contributed by atoms with Gasteiger partial charge in [0.25, 0.3) is 0 Å². The molecule has 2 rings (SSSR count). The molecule has 17 heavy (non-hydrogen) atoms. The molecule has 0 saturated heterocycles. The van der Waals surface area contributed by atoms with Gasteiger partial charge in [0, 0.05) is 18.0 Å². The highest BCUT2D eigenvalue weighted by atomic mass is 16.4. The van der Waals surface area contributed by atoms with Gasteiger partial charge in [-0.1, -0.05) is 20.3 Å². The van der Waals surface area contributed by atoms with E-state index in [9.17, 15) is 4.79 Å². The molecule has 0 radical (unpaired) electrons. The molecule has 0 unspecified atom stereocenters. The zero-order chi connectivity index (χ0) is 12.4. The fraction of sp³-hybridized carbons (Fsp3) is 0.692. The third-order valence-corrected chi connectivity index (χ3v) is 3.58. The Morgan fingerprint density at radius 1 is 1.53 bits per heavy atom. The molecular formula is C13H20N2O2. The van der Waals surface area contributed by atoms with Crippen LogP contribution in [0.25, 0.3) is 0 Å². The number of carboxylic acids is 1. The number of aromatic nitrogens is 2. The Morgan fingerprint density at radius 3 is 2.71 bits per heavy atom. The van der Waals surface area contributed by atoms with E-state index in [0.29, 0.717) is 18.3 Å². The smallest absolute Gasteiger partial charge is 0.303 e. The first-order chi connectivity index (χ1) is 8.09. The van der Waals surface area contributed by atoms with E-state index in [0.717, 1.165) is 11.3 Å². The predicted molar refractivity (Wildman–Crippen MR) is 65.2 cm³/mol. The lowest BCUT2D eigenvalue weighted by Crippen LogP contribution is -2.12. The number of nitrogens with one attached hydrogen (secondary N) is 1. The molecule has 0 aliphatic heterocycles. The summed E-state index contributed by atoms with van der Waals surface area (Å²) in [7, 11) is 0. The quantitative estimate of drug-likeness (QED) is 0.826. The number of rotatable bonds is 5. The number of aromatic amines is 1. The maximum Gasteiger partial charge on any atom is 0.303 e. The van der Waals surface area contributed by atoms with Gasteiger partial charge in [0.05, 0.1) is 5.69 Å². The standard InChI is InChI=1S/C13H20N2O2/c1-8(2)12-10(6-7-11(16)17)13(15-14-12)9-4-3-5-9/h8-9H,3-7H2,1-2H3,(H,14,15)(H,16,17). The Kier molecular flexibility index (Phi) is 3.50. The van der Waals surface area contributed by atoms with Crippen molar-refractivity contribution < 1.29 is 9.90 Å². The molecule has 1 saturated carbocycles. The highest BCUT2D eigenvalue weighted by molar-refractivity contribution is 5.67. The summed E-state index contributed by atoms with van der Waals surface area (Å²) in [5.41, 5.74) is 3.40. The third-order valence-electron chi connectivity index (χ3n) is 3.58. The van der Waals surface area contributed by atoms with Crippen LogP contribution in [-0.4, -0.2) is 21.3 Å². The highest BCUT2D eigenvalue weighted by Gasteiger charge is 2.26. The van der Waals surface area contributed by atoms with Gasteiger partial charge in [-0.3, -0.25) is 9.89 Å². The Hall–Kier alpha value is -1.32. The Balaban J connectivity index is 2.22. The number of nitrogens with zero attached hydrogens (tertiary/aromatic N) is 1. The van der Waals surface area contributed by atoms with Gasteiger partial charge in [0.1, 0.15) is 0 Å². The van der Waals surface area contributed by atoms with Crippen LogP contribution >= 0.6 is 0 Å². The number of H-pyrrole nitrogens is 1. The molecule has 0 bridgehead atoms. The predicted octanol–water partition coefficient (Wildman–Crippen LogP) is 2.82. The number of hydrogen-bond donors (Lipinski definition) is 2. The Labute approximate surface area is 101 Å². The van der Waals surface area contributed by atoms with Crippen LogP contribution in [0.3, 0.4) is 0 Å². The zero-order valence-electron chi connectivity index (χ0n) is 10.5. The monoisotopic (exact) mass is 236 g/mol. The normalized spacial score (nSPS) is 16.2. The zero-order valence-corrected chi connectivity index (χ0v) is 10.5. The van der Waals surface area contributed by atoms with Crippen molar-refractivity contribution in [2.45, 2.75) is 57.8 Å². The number of hydrogen-bond acceptors (Lipinski definition) is 2. The molecule has 0 aromatic carbocycles. The second-order valence-corrected chi connectivity index (χ2v) is 5.18. The minimum atomic E-state index is -0.736. The van der Waals surface area contributed by atoms with Crippen molar-refractivity contribution in [2.24, 2.45) is 0 Å². The van der Waals surface area contributed by atoms with Crippen LogP contribution in [0.2, 0.25) is 0 Å². The van der Waals surface area contributed by atoms with Crippen LogP contribution in [0.15, 0.2) is 0 Å². The summed E-state index contributed by atoms with van der Waals surface area (Å²) >= 11 is 0. The van der Waals surface area contributed by atoms with Crippen molar-refractivity contribution >= 4 is 5.97 Å². The van der Waals surface area contributed by atoms with Crippen LogP contribution < -0.4 is 0 Å². The molecule has 1 aliphatic carbocycles. The van der Waals surface area contributed by atoms with Crippen LogP contribution in [0.1, 0.15) is 68.3 Å². The molecule has 1 aromatic rings. The van der Waals surface area contributed by atoms with Gasteiger partial charge in [-0.2, -0.15) is 5.10 Å². The van der Waals surface area contributed by atoms with E-state index in [1.807, 2.05) is 0 Å². The summed E-state index contributed by atoms with van der Waals surface area (Å²) in [5, 5.41) is 16.3. The van der Waals surface area contributed by atoms with E-state index >= 15 is 0 Å². The first-order valence-corrected chi connectivity index (χ1v) is 6.38. The average molecular weight is 236 g/mol. The summed E-state index contributed by atoms with van der Waals surface area (Å²) in [4.78, 5) is 10.7. The Bertz CT molecular complexity index is 406. The van der Waals surface area contributed by atoms with E-state index in [2.05, 4.69) is 24.0 Å². The minimum Gasteiger partial charge on any atom is -0.481 e. The lowest BCUT2D eigenvalue weighted by atomic mass is 9.80. The molecule has 0 spiro atoms. The van der Waals surface area contributed by atoms with E-state index < -0.39 is 5.97 Å². The number of carbonyl (C=O) groups is 1. The lowest BCUT2D eigenvalue weighted by molar-refractivity contribution is -0.136. The molecule has 0 atom stereocenters. The lowest BCUT2D eigenvalue weighted by Gasteiger charge is -2.25. The fourth-order valence-electron chi connectivity index (χ4n) is 2.40. The topological polar surface area (TPSA) is 66.0 Å². The Morgan fingerprint density at radius 2 is 2.24 bits per heavy atom. The second-order valence-electron chi connectivity index (χ2n) is 5.18. The third kappa shape index (κ3) is 2.51. The largest absolute Gasteiger partial charge is 0.481 e. The highest BCUT2D eigenvalue weighted by Crippen LogP contribution is 2.38. The molecule has 1 aliphatic rings. The van der Waals surface area contributed by atoms with Gasteiger partial charge in [-0.15, -0.1) is 0 Å². The van der Waals surface area contributed by atoms with Crippen molar-refractivity contribution in [1.82, 2.24) is 10.2 Å². The SMILES string of the molecule is CC(C)c1n[nH]c(C2CCC2)c1CCC(=O)O. The van der Waals surface area contributed by atoms with E-state index in [4.69, 9.17) is 5.11 Å². The minimum absolute atomic E-state index is 0.193. The van der Waals surface area contributed by atoms with Gasteiger partial charge in [0.15, 0.2) is 0 Å². The van der Waals surface area contributed by atoms with Crippen LogP contribution in [-0.2, 0) is 11.2 Å². The van der Waals surface area contributed by atoms with Gasteiger partial charge < -0.3 is 5.11 Å². The molecule has 1 fully saturated rings. The van der Waals surface area contributed by atoms with Gasteiger partial charge in [0.2, 0.25) is 0 Å². The number of carboxylic acid groups (broad SMARTS) is 1. The molecular weight excluding hydrogens is 216 g/mol. The van der Waals surface area contributed by atoms with Gasteiger partial charge in [-0.25, -0.2) is 0 Å². The summed E-state index contributed by atoms with van der Waals surface area (Å²) in [6, 6.07) is 0. The molecule has 1 heterocycles. The maximum atomic E-state index is 10.7. The van der Waals surface area contributed by atoms with Crippen molar-refractivity contribution in [2.75, 3.05) is 0 Å². The summed E-state index contributed by atoms with van der Waals surface area (Å²) in [5.74, 6) is 0.197. The van der Waals surface area contributed by atoms with Crippen LogP contribution in [0.5, 0.6) is 0 Å². The fourth-order valence-corrected chi connectivity index (χ4v) is 2.40. The van der Waals surface area contributed by atoms with Crippen molar-refractivity contribution in [1.29, 1.82) is 0 Å². The molecule has 2 N–H and O–H groups in total.